The van der Waals surface area contributed by atoms with E-state index in [1.807, 2.05) is 60.7 Å². The van der Waals surface area contributed by atoms with E-state index in [4.69, 9.17) is 9.47 Å². The summed E-state index contributed by atoms with van der Waals surface area (Å²) in [5, 5.41) is 0. The molecule has 0 amide bonds. The van der Waals surface area contributed by atoms with Gasteiger partial charge in [0.15, 0.2) is 12.2 Å². The topological polar surface area (TPSA) is 35.5 Å². The lowest BCUT2D eigenvalue weighted by molar-refractivity contribution is 0.0166. The normalized spacial score (nSPS) is 12.4. The van der Waals surface area contributed by atoms with Crippen LogP contribution in [0.3, 0.4) is 0 Å². The molecule has 0 aliphatic carbocycles. The van der Waals surface area contributed by atoms with Gasteiger partial charge in [-0.1, -0.05) is 162 Å². The minimum atomic E-state index is -0.690. The molecule has 0 radical (unpaired) electrons. The van der Waals surface area contributed by atoms with Crippen molar-refractivity contribution in [3.63, 3.8) is 0 Å². The lowest BCUT2D eigenvalue weighted by atomic mass is 9.98. The zero-order valence-electron chi connectivity index (χ0n) is 25.3. The van der Waals surface area contributed by atoms with Crippen molar-refractivity contribution in [1.82, 2.24) is 0 Å². The lowest BCUT2D eigenvalue weighted by Gasteiger charge is -2.23. The number of rotatable bonds is 16. The van der Waals surface area contributed by atoms with Gasteiger partial charge in [-0.15, -0.1) is 0 Å². The number of ether oxygens (including phenoxy) is 2. The lowest BCUT2D eigenvalue weighted by Crippen LogP contribution is -2.18. The summed E-state index contributed by atoms with van der Waals surface area (Å²) in [5.41, 5.74) is 6.30. The highest BCUT2D eigenvalue weighted by atomic mass is 16.7. The summed E-state index contributed by atoms with van der Waals surface area (Å²) in [6, 6.07) is 36.7. The fraction of sp³-hybridized carbons (Fsp3) is 0.359. The molecule has 3 heteroatoms. The second kappa shape index (κ2) is 17.2. The summed E-state index contributed by atoms with van der Waals surface area (Å²) in [6.07, 6.45) is 10.2. The maximum atomic E-state index is 13.5. The number of unbranched alkanes of at least 4 members (excludes halogenated alkanes) is 6. The highest BCUT2D eigenvalue weighted by molar-refractivity contribution is 5.62. The fourth-order valence-electron chi connectivity index (χ4n) is 5.36. The van der Waals surface area contributed by atoms with Crippen molar-refractivity contribution in [1.29, 1.82) is 0 Å². The molecule has 4 rings (SSSR count). The van der Waals surface area contributed by atoms with E-state index in [1.54, 1.807) is 0 Å². The van der Waals surface area contributed by atoms with E-state index in [2.05, 4.69) is 62.4 Å². The Morgan fingerprint density at radius 3 is 1.19 bits per heavy atom. The minimum Gasteiger partial charge on any atom is -0.421 e. The quantitative estimate of drug-likeness (QED) is 0.101. The first-order chi connectivity index (χ1) is 20.7. The molecular formula is C39H46O3. The van der Waals surface area contributed by atoms with Gasteiger partial charge in [-0.3, -0.25) is 0 Å². The first-order valence-electron chi connectivity index (χ1n) is 15.8. The molecule has 220 valence electrons. The van der Waals surface area contributed by atoms with Gasteiger partial charge in [0.1, 0.15) is 0 Å². The van der Waals surface area contributed by atoms with E-state index in [0.717, 1.165) is 35.1 Å². The molecule has 0 fully saturated rings. The van der Waals surface area contributed by atoms with Crippen molar-refractivity contribution in [3.05, 3.63) is 143 Å². The Hall–Kier alpha value is -3.85. The van der Waals surface area contributed by atoms with Crippen LogP contribution >= 0.6 is 0 Å². The zero-order chi connectivity index (χ0) is 29.4. The van der Waals surface area contributed by atoms with Crippen LogP contribution in [0.1, 0.15) is 111 Å². The van der Waals surface area contributed by atoms with Crippen LogP contribution in [0.2, 0.25) is 0 Å². The molecule has 3 nitrogen and oxygen atoms in total. The minimum absolute atomic E-state index is 0.560. The Morgan fingerprint density at radius 1 is 0.476 bits per heavy atom. The van der Waals surface area contributed by atoms with E-state index in [0.29, 0.717) is 0 Å². The highest BCUT2D eigenvalue weighted by Gasteiger charge is 2.25. The molecule has 0 aliphatic rings. The van der Waals surface area contributed by atoms with Gasteiger partial charge < -0.3 is 9.47 Å². The molecule has 0 aliphatic heterocycles. The third kappa shape index (κ3) is 9.62. The van der Waals surface area contributed by atoms with Crippen LogP contribution in [0.15, 0.2) is 109 Å². The predicted molar refractivity (Wildman–Crippen MR) is 173 cm³/mol. The molecule has 0 spiro atoms. The first-order valence-corrected chi connectivity index (χ1v) is 15.8. The van der Waals surface area contributed by atoms with Gasteiger partial charge in [0.2, 0.25) is 0 Å². The summed E-state index contributed by atoms with van der Waals surface area (Å²) >= 11 is 0. The van der Waals surface area contributed by atoms with Crippen molar-refractivity contribution in [2.45, 2.75) is 90.3 Å². The first kappa shape index (κ1) is 31.1. The molecule has 4 aromatic rings. The van der Waals surface area contributed by atoms with Crippen molar-refractivity contribution in [3.8, 4) is 0 Å². The Balaban J connectivity index is 1.50. The van der Waals surface area contributed by atoms with Crippen LogP contribution in [0, 0.1) is 0 Å². The summed E-state index contributed by atoms with van der Waals surface area (Å²) in [6.45, 7) is 4.47. The van der Waals surface area contributed by atoms with Crippen LogP contribution < -0.4 is 0 Å². The standard InChI is InChI=1S/C39H46O3/c1-3-5-7-11-17-31-23-27-35(28-24-31)37(33-19-13-9-14-20-33)41-39(40)42-38(34-21-15-10-16-22-34)36-29-25-32(26-30-36)18-12-8-6-4-2/h9-10,13-16,19-30,37-38H,3-8,11-12,17-18H2,1-2H3. The number of carbonyl (C=O) groups is 1. The molecule has 0 heterocycles. The molecule has 2 unspecified atom stereocenters. The summed E-state index contributed by atoms with van der Waals surface area (Å²) < 4.78 is 12.2. The van der Waals surface area contributed by atoms with Crippen molar-refractivity contribution < 1.29 is 14.3 Å². The van der Waals surface area contributed by atoms with E-state index in [9.17, 15) is 4.79 Å². The zero-order valence-corrected chi connectivity index (χ0v) is 25.3. The molecule has 42 heavy (non-hydrogen) atoms. The van der Waals surface area contributed by atoms with Crippen molar-refractivity contribution in [2.75, 3.05) is 0 Å². The number of aryl methyl sites for hydroxylation is 2. The molecule has 4 aromatic carbocycles. The van der Waals surface area contributed by atoms with E-state index in [1.165, 1.54) is 62.5 Å². The van der Waals surface area contributed by atoms with Crippen LogP contribution in [0.4, 0.5) is 4.79 Å². The number of benzene rings is 4. The third-order valence-electron chi connectivity index (χ3n) is 7.84. The Kier molecular flexibility index (Phi) is 12.7. The third-order valence-corrected chi connectivity index (χ3v) is 7.84. The van der Waals surface area contributed by atoms with E-state index < -0.39 is 18.4 Å². The van der Waals surface area contributed by atoms with E-state index >= 15 is 0 Å². The molecule has 0 saturated carbocycles. The maximum Gasteiger partial charge on any atom is 0.510 e. The fourth-order valence-corrected chi connectivity index (χ4v) is 5.36. The van der Waals surface area contributed by atoms with Crippen molar-refractivity contribution in [2.24, 2.45) is 0 Å². The van der Waals surface area contributed by atoms with Crippen LogP contribution in [-0.4, -0.2) is 6.16 Å². The molecular weight excluding hydrogens is 516 g/mol. The van der Waals surface area contributed by atoms with E-state index in [-0.39, 0.29) is 0 Å². The Labute approximate surface area is 252 Å². The largest absolute Gasteiger partial charge is 0.510 e. The average molecular weight is 563 g/mol. The van der Waals surface area contributed by atoms with Gasteiger partial charge in [-0.25, -0.2) is 4.79 Å². The Morgan fingerprint density at radius 2 is 0.833 bits per heavy atom. The van der Waals surface area contributed by atoms with Crippen molar-refractivity contribution >= 4 is 6.16 Å². The monoisotopic (exact) mass is 562 g/mol. The van der Waals surface area contributed by atoms with Gasteiger partial charge in [0.05, 0.1) is 0 Å². The van der Waals surface area contributed by atoms with Crippen LogP contribution in [0.5, 0.6) is 0 Å². The SMILES string of the molecule is CCCCCCc1ccc(C(OC(=O)OC(c2ccccc2)c2ccc(CCCCCC)cc2)c2ccccc2)cc1. The summed E-state index contributed by atoms with van der Waals surface area (Å²) in [4.78, 5) is 13.5. The van der Waals surface area contributed by atoms with Gasteiger partial charge >= 0.3 is 6.16 Å². The smallest absolute Gasteiger partial charge is 0.421 e. The van der Waals surface area contributed by atoms with Crippen LogP contribution in [0.25, 0.3) is 0 Å². The van der Waals surface area contributed by atoms with Gasteiger partial charge in [-0.2, -0.15) is 0 Å². The average Bonchev–Trinajstić information content (AvgIpc) is 3.04. The van der Waals surface area contributed by atoms with Gasteiger partial charge in [0.25, 0.3) is 0 Å². The predicted octanol–water partition coefficient (Wildman–Crippen LogP) is 11.0. The molecule has 0 saturated heterocycles. The number of hydrogen-bond donors (Lipinski definition) is 0. The number of carbonyl (C=O) groups excluding carboxylic acids is 1. The summed E-state index contributed by atoms with van der Waals surface area (Å²) in [7, 11) is 0. The second-order valence-electron chi connectivity index (χ2n) is 11.2. The molecule has 0 bridgehead atoms. The summed E-state index contributed by atoms with van der Waals surface area (Å²) in [5.74, 6) is 0. The van der Waals surface area contributed by atoms with Gasteiger partial charge in [-0.05, 0) is 59.1 Å². The number of hydrogen-bond acceptors (Lipinski definition) is 3. The van der Waals surface area contributed by atoms with Gasteiger partial charge in [0, 0.05) is 0 Å². The molecule has 2 atom stereocenters. The highest BCUT2D eigenvalue weighted by Crippen LogP contribution is 2.31. The molecule has 0 N–H and O–H groups in total. The second-order valence-corrected chi connectivity index (χ2v) is 11.2. The van der Waals surface area contributed by atoms with Crippen LogP contribution in [-0.2, 0) is 22.3 Å². The molecule has 0 aromatic heterocycles. The maximum absolute atomic E-state index is 13.5. The Bertz CT molecular complexity index is 1190.